The molecule has 2 aromatic rings. The number of hydrogen-bond donors (Lipinski definition) is 0. The van der Waals surface area contributed by atoms with E-state index in [4.69, 9.17) is 0 Å². The Balaban J connectivity index is 1.95. The van der Waals surface area contributed by atoms with E-state index in [1.807, 2.05) is 11.8 Å². The summed E-state index contributed by atoms with van der Waals surface area (Å²) >= 11 is 5.45. The van der Waals surface area contributed by atoms with E-state index in [1.165, 1.54) is 26.5 Å². The highest BCUT2D eigenvalue weighted by molar-refractivity contribution is 9.10. The third-order valence-electron chi connectivity index (χ3n) is 3.40. The molecule has 1 atom stereocenters. The third-order valence-corrected chi connectivity index (χ3v) is 5.06. The van der Waals surface area contributed by atoms with E-state index >= 15 is 0 Å². The van der Waals surface area contributed by atoms with Crippen LogP contribution in [-0.4, -0.2) is 0 Å². The number of hydrogen-bond acceptors (Lipinski definition) is 1. The van der Waals surface area contributed by atoms with Crippen LogP contribution in [0.5, 0.6) is 0 Å². The molecule has 1 unspecified atom stereocenters. The van der Waals surface area contributed by atoms with Crippen molar-refractivity contribution in [3.8, 4) is 0 Å². The summed E-state index contributed by atoms with van der Waals surface area (Å²) < 4.78 is 1.16. The van der Waals surface area contributed by atoms with Gasteiger partial charge in [-0.3, -0.25) is 0 Å². The molecule has 4 rings (SSSR count). The molecule has 17 heavy (non-hydrogen) atoms. The maximum Gasteiger partial charge on any atom is 0.0420 e. The van der Waals surface area contributed by atoms with Crippen molar-refractivity contribution in [2.75, 3.05) is 0 Å². The minimum atomic E-state index is 0.485. The highest BCUT2D eigenvalue weighted by Gasteiger charge is 2.34. The Labute approximate surface area is 113 Å². The first kappa shape index (κ1) is 9.98. The zero-order chi connectivity index (χ0) is 11.4. The summed E-state index contributed by atoms with van der Waals surface area (Å²) in [4.78, 5) is 2.87. The number of fused-ring (bicyclic) bond motifs is 5. The summed E-state index contributed by atoms with van der Waals surface area (Å²) in [6.07, 6.45) is 2.33. The Bertz CT molecular complexity index is 658. The molecule has 0 N–H and O–H groups in total. The van der Waals surface area contributed by atoms with Crippen molar-refractivity contribution in [2.45, 2.75) is 10.8 Å². The Morgan fingerprint density at radius 3 is 2.82 bits per heavy atom. The summed E-state index contributed by atoms with van der Waals surface area (Å²) in [5.74, 6) is 0.485. The molecule has 0 saturated carbocycles. The SMILES string of the molecule is Brc1ccc2c(c1)SC1=Cc3ccccc3C12. The molecule has 0 aromatic heterocycles. The second kappa shape index (κ2) is 3.50. The van der Waals surface area contributed by atoms with Crippen molar-refractivity contribution in [1.29, 1.82) is 0 Å². The molecule has 0 radical (unpaired) electrons. The predicted octanol–water partition coefficient (Wildman–Crippen LogP) is 5.04. The second-order valence-electron chi connectivity index (χ2n) is 4.39. The molecule has 0 nitrogen and oxygen atoms in total. The standard InChI is InChI=1S/C15H9BrS/c16-10-5-6-12-13(8-10)17-14-7-9-3-1-2-4-11(9)15(12)14/h1-8,15H. The zero-order valence-electron chi connectivity index (χ0n) is 8.98. The van der Waals surface area contributed by atoms with Crippen molar-refractivity contribution < 1.29 is 0 Å². The number of allylic oxidation sites excluding steroid dienone is 1. The second-order valence-corrected chi connectivity index (χ2v) is 6.42. The van der Waals surface area contributed by atoms with Gasteiger partial charge in [0.1, 0.15) is 0 Å². The van der Waals surface area contributed by atoms with E-state index in [0.717, 1.165) is 4.47 Å². The van der Waals surface area contributed by atoms with Crippen LogP contribution in [0.3, 0.4) is 0 Å². The summed E-state index contributed by atoms with van der Waals surface area (Å²) in [7, 11) is 0. The van der Waals surface area contributed by atoms with E-state index in [2.05, 4.69) is 64.5 Å². The fraction of sp³-hybridized carbons (Fsp3) is 0.0667. The molecule has 2 heteroatoms. The first-order valence-electron chi connectivity index (χ1n) is 5.61. The molecule has 0 fully saturated rings. The number of rotatable bonds is 0. The highest BCUT2D eigenvalue weighted by atomic mass is 79.9. The van der Waals surface area contributed by atoms with Crippen LogP contribution in [0.4, 0.5) is 0 Å². The Morgan fingerprint density at radius 2 is 1.88 bits per heavy atom. The minimum Gasteiger partial charge on any atom is -0.0932 e. The van der Waals surface area contributed by atoms with Crippen LogP contribution in [0, 0.1) is 0 Å². The molecule has 0 amide bonds. The van der Waals surface area contributed by atoms with Gasteiger partial charge in [0.05, 0.1) is 0 Å². The van der Waals surface area contributed by atoms with Crippen LogP contribution in [0.2, 0.25) is 0 Å². The average molecular weight is 301 g/mol. The van der Waals surface area contributed by atoms with Crippen LogP contribution in [0.25, 0.3) is 6.08 Å². The first-order chi connectivity index (χ1) is 8.33. The Hall–Kier alpha value is -0.990. The molecular formula is C15H9BrS. The van der Waals surface area contributed by atoms with Crippen molar-refractivity contribution in [3.63, 3.8) is 0 Å². The monoisotopic (exact) mass is 300 g/mol. The summed E-state index contributed by atoms with van der Waals surface area (Å²) in [6, 6.07) is 15.3. The van der Waals surface area contributed by atoms with Gasteiger partial charge in [-0.1, -0.05) is 58.0 Å². The Kier molecular flexibility index (Phi) is 2.06. The maximum atomic E-state index is 3.54. The number of benzene rings is 2. The summed E-state index contributed by atoms with van der Waals surface area (Å²) in [5.41, 5.74) is 4.29. The van der Waals surface area contributed by atoms with E-state index in [9.17, 15) is 0 Å². The van der Waals surface area contributed by atoms with E-state index in [-0.39, 0.29) is 0 Å². The van der Waals surface area contributed by atoms with E-state index < -0.39 is 0 Å². The maximum absolute atomic E-state index is 3.54. The van der Waals surface area contributed by atoms with E-state index in [0.29, 0.717) is 5.92 Å². The van der Waals surface area contributed by atoms with Gasteiger partial charge in [0.2, 0.25) is 0 Å². The van der Waals surface area contributed by atoms with E-state index in [1.54, 1.807) is 0 Å². The van der Waals surface area contributed by atoms with Crippen LogP contribution in [0.1, 0.15) is 22.6 Å². The van der Waals surface area contributed by atoms with Crippen LogP contribution < -0.4 is 0 Å². The van der Waals surface area contributed by atoms with Gasteiger partial charge < -0.3 is 0 Å². The van der Waals surface area contributed by atoms with Crippen molar-refractivity contribution in [1.82, 2.24) is 0 Å². The van der Waals surface area contributed by atoms with Crippen LogP contribution in [-0.2, 0) is 0 Å². The van der Waals surface area contributed by atoms with Crippen molar-refractivity contribution >= 4 is 33.8 Å². The lowest BCUT2D eigenvalue weighted by molar-refractivity contribution is 1.02. The minimum absolute atomic E-state index is 0.485. The quantitative estimate of drug-likeness (QED) is 0.657. The zero-order valence-corrected chi connectivity index (χ0v) is 11.4. The fourth-order valence-corrected chi connectivity index (χ4v) is 4.48. The Morgan fingerprint density at radius 1 is 1.00 bits per heavy atom. The summed E-state index contributed by atoms with van der Waals surface area (Å²) in [6.45, 7) is 0. The number of halogens is 1. The van der Waals surface area contributed by atoms with Crippen LogP contribution >= 0.6 is 27.7 Å². The van der Waals surface area contributed by atoms with Gasteiger partial charge in [0.15, 0.2) is 0 Å². The molecular weight excluding hydrogens is 292 g/mol. The molecule has 2 aliphatic rings. The van der Waals surface area contributed by atoms with Crippen LogP contribution in [0.15, 0.2) is 56.7 Å². The van der Waals surface area contributed by atoms with Gasteiger partial charge in [-0.25, -0.2) is 0 Å². The van der Waals surface area contributed by atoms with Gasteiger partial charge in [-0.05, 0) is 34.9 Å². The topological polar surface area (TPSA) is 0 Å². The first-order valence-corrected chi connectivity index (χ1v) is 7.22. The van der Waals surface area contributed by atoms with Gasteiger partial charge in [-0.15, -0.1) is 0 Å². The molecule has 82 valence electrons. The largest absolute Gasteiger partial charge is 0.0932 e. The predicted molar refractivity (Wildman–Crippen MR) is 76.3 cm³/mol. The van der Waals surface area contributed by atoms with Crippen molar-refractivity contribution in [3.05, 3.63) is 68.5 Å². The molecule has 1 aliphatic heterocycles. The fourth-order valence-electron chi connectivity index (χ4n) is 2.67. The van der Waals surface area contributed by atoms with Gasteiger partial charge in [0, 0.05) is 20.2 Å². The highest BCUT2D eigenvalue weighted by Crippen LogP contribution is 2.56. The lowest BCUT2D eigenvalue weighted by Crippen LogP contribution is -1.94. The average Bonchev–Trinajstić information content (AvgIpc) is 2.83. The van der Waals surface area contributed by atoms with Crippen molar-refractivity contribution in [2.24, 2.45) is 0 Å². The summed E-state index contributed by atoms with van der Waals surface area (Å²) in [5, 5.41) is 0. The molecule has 0 saturated heterocycles. The lowest BCUT2D eigenvalue weighted by Gasteiger charge is -2.09. The molecule has 0 bridgehead atoms. The number of thioether (sulfide) groups is 1. The third kappa shape index (κ3) is 1.37. The van der Waals surface area contributed by atoms with Gasteiger partial charge in [-0.2, -0.15) is 0 Å². The molecule has 2 aromatic carbocycles. The normalized spacial score (nSPS) is 19.6. The molecule has 1 aliphatic carbocycles. The van der Waals surface area contributed by atoms with Gasteiger partial charge >= 0.3 is 0 Å². The van der Waals surface area contributed by atoms with Gasteiger partial charge in [0.25, 0.3) is 0 Å². The lowest BCUT2D eigenvalue weighted by atomic mass is 9.93. The molecule has 1 heterocycles. The smallest absolute Gasteiger partial charge is 0.0420 e. The molecule has 0 spiro atoms.